The van der Waals surface area contributed by atoms with Crippen LogP contribution in [0.4, 0.5) is 13.2 Å². The van der Waals surface area contributed by atoms with E-state index in [9.17, 15) is 13.2 Å². The van der Waals surface area contributed by atoms with Gasteiger partial charge in [0, 0.05) is 29.7 Å². The Hall–Kier alpha value is -2.06. The minimum absolute atomic E-state index is 0.0687. The Morgan fingerprint density at radius 2 is 2.00 bits per heavy atom. The van der Waals surface area contributed by atoms with E-state index in [1.807, 2.05) is 25.3 Å². The molecule has 1 heterocycles. The smallest absolute Gasteiger partial charge is 0.475 e. The number of carboxylic acid groups (broad SMARTS) is 1. The van der Waals surface area contributed by atoms with Crippen LogP contribution in [0.15, 0.2) is 30.5 Å². The van der Waals surface area contributed by atoms with Crippen LogP contribution in [-0.2, 0) is 16.0 Å². The predicted molar refractivity (Wildman–Crippen MR) is 80.2 cm³/mol. The van der Waals surface area contributed by atoms with Gasteiger partial charge in [-0.25, -0.2) is 4.79 Å². The van der Waals surface area contributed by atoms with Gasteiger partial charge in [0.05, 0.1) is 6.61 Å². The van der Waals surface area contributed by atoms with Crippen LogP contribution in [0.2, 0.25) is 0 Å². The van der Waals surface area contributed by atoms with Crippen molar-refractivity contribution in [3.8, 4) is 0 Å². The Morgan fingerprint density at radius 3 is 2.57 bits per heavy atom. The second-order valence-electron chi connectivity index (χ2n) is 4.79. The highest BCUT2D eigenvalue weighted by molar-refractivity contribution is 5.83. The summed E-state index contributed by atoms with van der Waals surface area (Å²) in [5.74, 6) is -2.76. The molecule has 0 aliphatic heterocycles. The number of carbonyl (C=O) groups is 1. The number of nitrogens with two attached hydrogens (primary N) is 1. The van der Waals surface area contributed by atoms with Crippen LogP contribution in [0.1, 0.15) is 12.5 Å². The number of fused-ring (bicyclic) bond motifs is 1. The quantitative estimate of drug-likeness (QED) is 0.785. The molecule has 5 nitrogen and oxygen atoms in total. The fourth-order valence-corrected chi connectivity index (χ4v) is 1.91. The van der Waals surface area contributed by atoms with Gasteiger partial charge in [-0.1, -0.05) is 18.2 Å². The highest BCUT2D eigenvalue weighted by Gasteiger charge is 2.38. The van der Waals surface area contributed by atoms with Crippen molar-refractivity contribution >= 4 is 16.9 Å². The predicted octanol–water partition coefficient (Wildman–Crippen LogP) is 2.71. The number of hydrogen-bond acceptors (Lipinski definition) is 3. The largest absolute Gasteiger partial charge is 0.490 e. The molecule has 128 valence electrons. The number of ether oxygens (including phenoxy) is 1. The molecule has 0 aliphatic carbocycles. The van der Waals surface area contributed by atoms with E-state index >= 15 is 0 Å². The summed E-state index contributed by atoms with van der Waals surface area (Å²) in [5, 5.41) is 8.38. The minimum atomic E-state index is -5.08. The lowest BCUT2D eigenvalue weighted by Crippen LogP contribution is -2.28. The molecule has 0 saturated carbocycles. The van der Waals surface area contributed by atoms with E-state index in [-0.39, 0.29) is 6.04 Å². The summed E-state index contributed by atoms with van der Waals surface area (Å²) in [6.45, 7) is 3.33. The lowest BCUT2D eigenvalue weighted by molar-refractivity contribution is -0.192. The summed E-state index contributed by atoms with van der Waals surface area (Å²) >= 11 is 0. The van der Waals surface area contributed by atoms with Crippen LogP contribution >= 0.6 is 0 Å². The number of rotatable bonds is 5. The summed E-state index contributed by atoms with van der Waals surface area (Å²) in [7, 11) is 0. The van der Waals surface area contributed by atoms with Crippen molar-refractivity contribution in [1.82, 2.24) is 4.98 Å². The van der Waals surface area contributed by atoms with Gasteiger partial charge < -0.3 is 20.6 Å². The van der Waals surface area contributed by atoms with E-state index in [1.165, 1.54) is 16.5 Å². The summed E-state index contributed by atoms with van der Waals surface area (Å²) in [5.41, 5.74) is 8.44. The van der Waals surface area contributed by atoms with E-state index < -0.39 is 12.1 Å². The maximum absolute atomic E-state index is 10.6. The number of aromatic amines is 1. The number of halogens is 3. The first-order chi connectivity index (χ1) is 10.8. The average Bonchev–Trinajstić information content (AvgIpc) is 2.88. The van der Waals surface area contributed by atoms with Crippen LogP contribution in [0.25, 0.3) is 10.9 Å². The Labute approximate surface area is 131 Å². The maximum atomic E-state index is 10.6. The first-order valence-electron chi connectivity index (χ1n) is 6.94. The molecule has 1 unspecified atom stereocenters. The Morgan fingerprint density at radius 1 is 1.39 bits per heavy atom. The van der Waals surface area contributed by atoms with Gasteiger partial charge in [0.1, 0.15) is 0 Å². The van der Waals surface area contributed by atoms with Crippen LogP contribution in [0.5, 0.6) is 0 Å². The van der Waals surface area contributed by atoms with Crippen molar-refractivity contribution in [1.29, 1.82) is 0 Å². The standard InChI is InChI=1S/C13H18N2O.C2HF3O2/c1-2-16-9-11(14)7-10-8-15-13-6-4-3-5-12(10)13;3-2(4,5)1(6)7/h3-6,8,11,15H,2,7,9,14H2,1H3;(H,6,7). The number of aromatic nitrogens is 1. The number of H-pyrrole nitrogens is 1. The zero-order chi connectivity index (χ0) is 17.5. The van der Waals surface area contributed by atoms with E-state index in [4.69, 9.17) is 20.4 Å². The molecule has 2 rings (SSSR count). The van der Waals surface area contributed by atoms with Gasteiger partial charge in [-0.3, -0.25) is 0 Å². The number of benzene rings is 1. The van der Waals surface area contributed by atoms with E-state index in [1.54, 1.807) is 0 Å². The second kappa shape index (κ2) is 8.54. The molecule has 23 heavy (non-hydrogen) atoms. The molecule has 1 aromatic carbocycles. The molecule has 1 aromatic heterocycles. The minimum Gasteiger partial charge on any atom is -0.475 e. The third-order valence-corrected chi connectivity index (χ3v) is 2.94. The third kappa shape index (κ3) is 6.29. The number of para-hydroxylation sites is 1. The van der Waals surface area contributed by atoms with Gasteiger partial charge in [0.15, 0.2) is 0 Å². The Bertz CT molecular complexity index is 626. The van der Waals surface area contributed by atoms with Gasteiger partial charge in [0.25, 0.3) is 0 Å². The van der Waals surface area contributed by atoms with Crippen molar-refractivity contribution in [2.75, 3.05) is 13.2 Å². The zero-order valence-corrected chi connectivity index (χ0v) is 12.6. The molecule has 1 atom stereocenters. The highest BCUT2D eigenvalue weighted by Crippen LogP contribution is 2.18. The maximum Gasteiger partial charge on any atom is 0.490 e. The number of alkyl halides is 3. The highest BCUT2D eigenvalue weighted by atomic mass is 19.4. The molecule has 0 saturated heterocycles. The fourth-order valence-electron chi connectivity index (χ4n) is 1.91. The van der Waals surface area contributed by atoms with Gasteiger partial charge >= 0.3 is 12.1 Å². The third-order valence-electron chi connectivity index (χ3n) is 2.94. The van der Waals surface area contributed by atoms with Crippen molar-refractivity contribution in [2.45, 2.75) is 25.6 Å². The normalized spacial score (nSPS) is 12.6. The van der Waals surface area contributed by atoms with Crippen LogP contribution in [0, 0.1) is 0 Å². The molecule has 0 amide bonds. The van der Waals surface area contributed by atoms with Crippen LogP contribution in [-0.4, -0.2) is 41.5 Å². The van der Waals surface area contributed by atoms with Gasteiger partial charge in [0.2, 0.25) is 0 Å². The van der Waals surface area contributed by atoms with Crippen molar-refractivity contribution in [3.63, 3.8) is 0 Å². The zero-order valence-electron chi connectivity index (χ0n) is 12.6. The van der Waals surface area contributed by atoms with Gasteiger partial charge in [-0.2, -0.15) is 13.2 Å². The summed E-state index contributed by atoms with van der Waals surface area (Å²) in [4.78, 5) is 12.1. The summed E-state index contributed by atoms with van der Waals surface area (Å²) < 4.78 is 37.1. The van der Waals surface area contributed by atoms with Gasteiger partial charge in [-0.05, 0) is 25.0 Å². The summed E-state index contributed by atoms with van der Waals surface area (Å²) in [6, 6.07) is 8.34. The number of nitrogens with one attached hydrogen (secondary N) is 1. The topological polar surface area (TPSA) is 88.3 Å². The average molecular weight is 332 g/mol. The lowest BCUT2D eigenvalue weighted by Gasteiger charge is -2.10. The van der Waals surface area contributed by atoms with Gasteiger partial charge in [-0.15, -0.1) is 0 Å². The Kier molecular flexibility index (Phi) is 7.05. The number of carboxylic acids is 1. The molecule has 2 aromatic rings. The molecular weight excluding hydrogens is 313 g/mol. The molecule has 4 N–H and O–H groups in total. The SMILES string of the molecule is CCOCC(N)Cc1c[nH]c2ccccc12.O=C(O)C(F)(F)F. The molecule has 0 spiro atoms. The van der Waals surface area contributed by atoms with Crippen LogP contribution < -0.4 is 5.73 Å². The van der Waals surface area contributed by atoms with E-state index in [0.29, 0.717) is 6.61 Å². The summed E-state index contributed by atoms with van der Waals surface area (Å²) in [6.07, 6.45) is -2.19. The molecule has 0 bridgehead atoms. The lowest BCUT2D eigenvalue weighted by atomic mass is 10.1. The van der Waals surface area contributed by atoms with Crippen LogP contribution in [0.3, 0.4) is 0 Å². The van der Waals surface area contributed by atoms with Crippen molar-refractivity contribution < 1.29 is 27.8 Å². The molecule has 0 aliphatic rings. The van der Waals surface area contributed by atoms with E-state index in [0.717, 1.165) is 13.0 Å². The molecule has 8 heteroatoms. The molecule has 0 radical (unpaired) electrons. The monoisotopic (exact) mass is 332 g/mol. The number of aliphatic carboxylic acids is 1. The fraction of sp³-hybridized carbons (Fsp3) is 0.400. The van der Waals surface area contributed by atoms with E-state index in [2.05, 4.69) is 17.1 Å². The first kappa shape index (κ1) is 19.0. The Balaban J connectivity index is 0.000000322. The van der Waals surface area contributed by atoms with Crippen molar-refractivity contribution in [3.05, 3.63) is 36.0 Å². The molecular formula is C15H19F3N2O3. The number of hydrogen-bond donors (Lipinski definition) is 3. The van der Waals surface area contributed by atoms with Crippen molar-refractivity contribution in [2.24, 2.45) is 5.73 Å². The first-order valence-corrected chi connectivity index (χ1v) is 6.94. The molecule has 0 fully saturated rings. The second-order valence-corrected chi connectivity index (χ2v) is 4.79.